The molecule has 6 nitrogen and oxygen atoms in total. The van der Waals surface area contributed by atoms with E-state index in [1.165, 1.54) is 0 Å². The van der Waals surface area contributed by atoms with Gasteiger partial charge in [0.05, 0.1) is 18.4 Å². The number of esters is 1. The van der Waals surface area contributed by atoms with Crippen molar-refractivity contribution < 1.29 is 18.8 Å². The molecule has 1 aliphatic carbocycles. The molecule has 0 aliphatic heterocycles. The lowest BCUT2D eigenvalue weighted by Gasteiger charge is -2.20. The molecule has 0 saturated heterocycles. The van der Waals surface area contributed by atoms with Crippen molar-refractivity contribution in [1.29, 1.82) is 0 Å². The second kappa shape index (κ2) is 5.50. The molecule has 2 rings (SSSR count). The first-order chi connectivity index (χ1) is 9.67. The van der Waals surface area contributed by atoms with Gasteiger partial charge in [0.1, 0.15) is 17.1 Å². The number of carbonyl (C=O) groups is 2. The quantitative estimate of drug-likeness (QED) is 0.793. The largest absolute Gasteiger partial charge is 0.460 e. The van der Waals surface area contributed by atoms with Gasteiger partial charge in [0, 0.05) is 13.1 Å². The zero-order chi connectivity index (χ0) is 15.8. The van der Waals surface area contributed by atoms with E-state index in [4.69, 9.17) is 9.26 Å². The van der Waals surface area contributed by atoms with Crippen LogP contribution in [0.2, 0.25) is 0 Å². The van der Waals surface area contributed by atoms with Crippen LogP contribution in [0.5, 0.6) is 0 Å². The molecule has 1 aliphatic rings. The van der Waals surface area contributed by atoms with Crippen LogP contribution in [0.3, 0.4) is 0 Å². The van der Waals surface area contributed by atoms with Gasteiger partial charge < -0.3 is 14.2 Å². The van der Waals surface area contributed by atoms with Gasteiger partial charge in [0.2, 0.25) is 5.91 Å². The van der Waals surface area contributed by atoms with E-state index in [1.807, 2.05) is 20.8 Å². The van der Waals surface area contributed by atoms with Crippen LogP contribution in [0, 0.1) is 18.8 Å². The molecule has 1 fully saturated rings. The molecule has 0 spiro atoms. The van der Waals surface area contributed by atoms with Gasteiger partial charge in [-0.3, -0.25) is 9.59 Å². The second-order valence-electron chi connectivity index (χ2n) is 6.61. The van der Waals surface area contributed by atoms with Crippen LogP contribution in [0.25, 0.3) is 0 Å². The fourth-order valence-corrected chi connectivity index (χ4v) is 2.20. The Kier molecular flexibility index (Phi) is 4.07. The molecule has 1 aromatic rings. The van der Waals surface area contributed by atoms with Crippen molar-refractivity contribution in [2.24, 2.45) is 11.8 Å². The van der Waals surface area contributed by atoms with E-state index >= 15 is 0 Å². The second-order valence-corrected chi connectivity index (χ2v) is 6.61. The molecule has 0 unspecified atom stereocenters. The summed E-state index contributed by atoms with van der Waals surface area (Å²) < 4.78 is 10.3. The predicted octanol–water partition coefficient (Wildman–Crippen LogP) is 1.92. The van der Waals surface area contributed by atoms with Crippen molar-refractivity contribution in [1.82, 2.24) is 10.1 Å². The summed E-state index contributed by atoms with van der Waals surface area (Å²) in [6.45, 7) is 7.65. The zero-order valence-corrected chi connectivity index (χ0v) is 13.2. The van der Waals surface area contributed by atoms with Gasteiger partial charge in [-0.2, -0.15) is 0 Å². The molecule has 2 atom stereocenters. The van der Waals surface area contributed by atoms with E-state index in [1.54, 1.807) is 24.9 Å². The highest BCUT2D eigenvalue weighted by Gasteiger charge is 2.50. The van der Waals surface area contributed by atoms with E-state index in [9.17, 15) is 9.59 Å². The highest BCUT2D eigenvalue weighted by atomic mass is 16.6. The predicted molar refractivity (Wildman–Crippen MR) is 75.2 cm³/mol. The van der Waals surface area contributed by atoms with E-state index < -0.39 is 5.60 Å². The Labute approximate surface area is 124 Å². The number of carbonyl (C=O) groups excluding carboxylic acids is 2. The van der Waals surface area contributed by atoms with Gasteiger partial charge in [0.15, 0.2) is 0 Å². The number of hydrogen-bond donors (Lipinski definition) is 0. The van der Waals surface area contributed by atoms with Gasteiger partial charge in [-0.25, -0.2) is 0 Å². The highest BCUT2D eigenvalue weighted by Crippen LogP contribution is 2.41. The van der Waals surface area contributed by atoms with Crippen LogP contribution in [-0.4, -0.2) is 34.6 Å². The minimum Gasteiger partial charge on any atom is -0.460 e. The molecule has 0 aromatic carbocycles. The van der Waals surface area contributed by atoms with E-state index in [0.29, 0.717) is 24.4 Å². The average molecular weight is 294 g/mol. The maximum atomic E-state index is 12.3. The molecule has 1 amide bonds. The van der Waals surface area contributed by atoms with Crippen molar-refractivity contribution in [3.63, 3.8) is 0 Å². The van der Waals surface area contributed by atoms with Crippen LogP contribution in [-0.2, 0) is 20.9 Å². The summed E-state index contributed by atoms with van der Waals surface area (Å²) in [7, 11) is 1.71. The number of ether oxygens (including phenoxy) is 1. The van der Waals surface area contributed by atoms with E-state index in [0.717, 1.165) is 0 Å². The van der Waals surface area contributed by atoms with Crippen molar-refractivity contribution in [3.8, 4) is 0 Å². The summed E-state index contributed by atoms with van der Waals surface area (Å²) >= 11 is 0. The number of hydrogen-bond acceptors (Lipinski definition) is 5. The first-order valence-electron chi connectivity index (χ1n) is 7.07. The number of amides is 1. The summed E-state index contributed by atoms with van der Waals surface area (Å²) in [6, 6.07) is 1.79. The maximum absolute atomic E-state index is 12.3. The number of aryl methyl sites for hydroxylation is 1. The normalized spacial score (nSPS) is 21.0. The summed E-state index contributed by atoms with van der Waals surface area (Å²) in [6.07, 6.45) is 0.565. The van der Waals surface area contributed by atoms with E-state index in [2.05, 4.69) is 5.16 Å². The fourth-order valence-electron chi connectivity index (χ4n) is 2.20. The minimum absolute atomic E-state index is 0.0495. The zero-order valence-electron chi connectivity index (χ0n) is 13.2. The molecule has 1 heterocycles. The summed E-state index contributed by atoms with van der Waals surface area (Å²) in [5.41, 5.74) is 0.190. The molecule has 0 N–H and O–H groups in total. The van der Waals surface area contributed by atoms with Crippen molar-refractivity contribution in [2.45, 2.75) is 46.3 Å². The SMILES string of the molecule is Cc1cc(CN(C)C(=O)[C@@H]2C[C@H]2C(=O)OC(C)(C)C)no1. The van der Waals surface area contributed by atoms with Crippen molar-refractivity contribution in [3.05, 3.63) is 17.5 Å². The van der Waals surface area contributed by atoms with Crippen molar-refractivity contribution >= 4 is 11.9 Å². The molecule has 21 heavy (non-hydrogen) atoms. The van der Waals surface area contributed by atoms with Gasteiger partial charge >= 0.3 is 5.97 Å². The van der Waals surface area contributed by atoms with Gasteiger partial charge in [-0.1, -0.05) is 5.16 Å². The Balaban J connectivity index is 1.86. The molecular weight excluding hydrogens is 272 g/mol. The smallest absolute Gasteiger partial charge is 0.310 e. The molecule has 0 bridgehead atoms. The maximum Gasteiger partial charge on any atom is 0.310 e. The number of rotatable bonds is 4. The van der Waals surface area contributed by atoms with Crippen LogP contribution in [0.15, 0.2) is 10.6 Å². The third-order valence-electron chi connectivity index (χ3n) is 3.27. The standard InChI is InChI=1S/C15H22N2O4/c1-9-6-10(16-21-9)8-17(5)13(18)11-7-12(11)14(19)20-15(2,3)4/h6,11-12H,7-8H2,1-5H3/t11-,12-/m1/s1. The molecule has 1 aromatic heterocycles. The van der Waals surface area contributed by atoms with Crippen LogP contribution >= 0.6 is 0 Å². The molecule has 6 heteroatoms. The lowest BCUT2D eigenvalue weighted by Crippen LogP contribution is -2.30. The third kappa shape index (κ3) is 4.06. The average Bonchev–Trinajstić information content (AvgIpc) is 3.04. The van der Waals surface area contributed by atoms with Gasteiger partial charge in [0.25, 0.3) is 0 Å². The topological polar surface area (TPSA) is 72.6 Å². The highest BCUT2D eigenvalue weighted by molar-refractivity contribution is 5.90. The van der Waals surface area contributed by atoms with Crippen LogP contribution in [0.1, 0.15) is 38.6 Å². The molecular formula is C15H22N2O4. The Morgan fingerprint density at radius 3 is 2.62 bits per heavy atom. The Bertz CT molecular complexity index is 544. The van der Waals surface area contributed by atoms with Gasteiger partial charge in [-0.05, 0) is 34.1 Å². The first kappa shape index (κ1) is 15.5. The fraction of sp³-hybridized carbons (Fsp3) is 0.667. The molecule has 1 saturated carbocycles. The number of nitrogens with zero attached hydrogens (tertiary/aromatic N) is 2. The molecule has 0 radical (unpaired) electrons. The van der Waals surface area contributed by atoms with Crippen LogP contribution in [0.4, 0.5) is 0 Å². The van der Waals surface area contributed by atoms with Crippen molar-refractivity contribution in [2.75, 3.05) is 7.05 Å². The van der Waals surface area contributed by atoms with E-state index in [-0.39, 0.29) is 23.7 Å². The lowest BCUT2D eigenvalue weighted by molar-refractivity contribution is -0.157. The monoisotopic (exact) mass is 294 g/mol. The van der Waals surface area contributed by atoms with Gasteiger partial charge in [-0.15, -0.1) is 0 Å². The summed E-state index contributed by atoms with van der Waals surface area (Å²) in [5, 5.41) is 3.86. The lowest BCUT2D eigenvalue weighted by atomic mass is 10.2. The first-order valence-corrected chi connectivity index (χ1v) is 7.07. The summed E-state index contributed by atoms with van der Waals surface area (Å²) in [4.78, 5) is 25.7. The Morgan fingerprint density at radius 1 is 1.43 bits per heavy atom. The number of aromatic nitrogens is 1. The molecule has 116 valence electrons. The Hall–Kier alpha value is -1.85. The Morgan fingerprint density at radius 2 is 2.10 bits per heavy atom. The third-order valence-corrected chi connectivity index (χ3v) is 3.27. The van der Waals surface area contributed by atoms with Crippen LogP contribution < -0.4 is 0 Å². The minimum atomic E-state index is -0.516. The summed E-state index contributed by atoms with van der Waals surface area (Å²) in [5.74, 6) is -0.196.